The Morgan fingerprint density at radius 2 is 1.57 bits per heavy atom. The van der Waals surface area contributed by atoms with E-state index in [1.807, 2.05) is 0 Å². The highest BCUT2D eigenvalue weighted by Crippen LogP contribution is 2.40. The Kier molecular flexibility index (Phi) is 2.42. The molecule has 1 nitrogen and oxygen atoms in total. The van der Waals surface area contributed by atoms with E-state index in [0.29, 0.717) is 5.54 Å². The molecule has 0 saturated heterocycles. The van der Waals surface area contributed by atoms with Crippen molar-refractivity contribution < 1.29 is 0 Å². The van der Waals surface area contributed by atoms with Gasteiger partial charge < -0.3 is 4.57 Å². The van der Waals surface area contributed by atoms with Gasteiger partial charge in [-0.3, -0.25) is 0 Å². The number of rotatable bonds is 1. The number of aromatic nitrogens is 1. The van der Waals surface area contributed by atoms with Crippen LogP contribution < -0.4 is 0 Å². The maximum atomic E-state index is 2.40. The first-order valence-corrected chi connectivity index (χ1v) is 5.73. The van der Waals surface area contributed by atoms with E-state index in [-0.39, 0.29) is 0 Å². The summed E-state index contributed by atoms with van der Waals surface area (Å²) in [4.78, 5) is 0. The predicted octanol–water partition coefficient (Wildman–Crippen LogP) is 3.66. The molecule has 2 rings (SSSR count). The van der Waals surface area contributed by atoms with Crippen LogP contribution in [-0.4, -0.2) is 4.57 Å². The molecule has 0 N–H and O–H groups in total. The molecule has 0 aliphatic heterocycles. The Bertz CT molecular complexity index is 276. The molecule has 1 aliphatic carbocycles. The predicted molar refractivity (Wildman–Crippen MR) is 60.3 cm³/mol. The molecular formula is C13H21N. The Balaban J connectivity index is 2.22. The molecule has 0 bridgehead atoms. The third-order valence-corrected chi connectivity index (χ3v) is 3.61. The third kappa shape index (κ3) is 1.73. The Morgan fingerprint density at radius 3 is 2.07 bits per heavy atom. The highest BCUT2D eigenvalue weighted by molar-refractivity contribution is 4.99. The molecule has 1 saturated carbocycles. The lowest BCUT2D eigenvalue weighted by Crippen LogP contribution is -2.37. The van der Waals surface area contributed by atoms with Crippen LogP contribution in [0, 0.1) is 11.8 Å². The minimum atomic E-state index is 0.362. The van der Waals surface area contributed by atoms with Crippen LogP contribution in [0.4, 0.5) is 0 Å². The molecule has 78 valence electrons. The quantitative estimate of drug-likeness (QED) is 0.638. The van der Waals surface area contributed by atoms with Crippen LogP contribution in [0.2, 0.25) is 0 Å². The first kappa shape index (κ1) is 9.82. The van der Waals surface area contributed by atoms with E-state index in [1.54, 1.807) is 0 Å². The fourth-order valence-electron chi connectivity index (χ4n) is 3.34. The molecule has 1 fully saturated rings. The summed E-state index contributed by atoms with van der Waals surface area (Å²) >= 11 is 0. The van der Waals surface area contributed by atoms with Crippen molar-refractivity contribution in [3.8, 4) is 0 Å². The fraction of sp³-hybridized carbons (Fsp3) is 0.692. The van der Waals surface area contributed by atoms with Crippen molar-refractivity contribution in [3.05, 3.63) is 24.5 Å². The van der Waals surface area contributed by atoms with Crippen molar-refractivity contribution in [3.63, 3.8) is 0 Å². The molecule has 2 unspecified atom stereocenters. The van der Waals surface area contributed by atoms with Gasteiger partial charge in [-0.1, -0.05) is 13.8 Å². The molecule has 14 heavy (non-hydrogen) atoms. The summed E-state index contributed by atoms with van der Waals surface area (Å²) in [6, 6.07) is 4.27. The molecule has 1 heteroatoms. The third-order valence-electron chi connectivity index (χ3n) is 3.61. The number of hydrogen-bond acceptors (Lipinski definition) is 0. The van der Waals surface area contributed by atoms with Gasteiger partial charge in [-0.25, -0.2) is 0 Å². The topological polar surface area (TPSA) is 4.93 Å². The van der Waals surface area contributed by atoms with Crippen molar-refractivity contribution in [1.82, 2.24) is 4.57 Å². The summed E-state index contributed by atoms with van der Waals surface area (Å²) in [5, 5.41) is 0. The number of nitrogens with zero attached hydrogens (tertiary/aromatic N) is 1. The molecule has 0 radical (unpaired) electrons. The van der Waals surface area contributed by atoms with E-state index in [0.717, 1.165) is 11.8 Å². The summed E-state index contributed by atoms with van der Waals surface area (Å²) in [5.41, 5.74) is 0.362. The van der Waals surface area contributed by atoms with E-state index in [1.165, 1.54) is 19.3 Å². The van der Waals surface area contributed by atoms with Crippen LogP contribution in [0.5, 0.6) is 0 Å². The van der Waals surface area contributed by atoms with Crippen LogP contribution in [-0.2, 0) is 5.54 Å². The van der Waals surface area contributed by atoms with Crippen LogP contribution in [0.25, 0.3) is 0 Å². The van der Waals surface area contributed by atoms with Crippen molar-refractivity contribution in [2.75, 3.05) is 0 Å². The first-order valence-electron chi connectivity index (χ1n) is 5.73. The maximum absolute atomic E-state index is 2.40. The van der Waals surface area contributed by atoms with Gasteiger partial charge >= 0.3 is 0 Å². The lowest BCUT2D eigenvalue weighted by molar-refractivity contribution is 0.130. The van der Waals surface area contributed by atoms with Crippen molar-refractivity contribution in [1.29, 1.82) is 0 Å². The lowest BCUT2D eigenvalue weighted by atomic mass is 9.72. The Morgan fingerprint density at radius 1 is 1.07 bits per heavy atom. The standard InChI is InChI=1S/C13H21N/c1-11-8-12(2)10-13(3,9-11)14-6-4-5-7-14/h4-7,11-12H,8-10H2,1-3H3. The zero-order valence-corrected chi connectivity index (χ0v) is 9.53. The molecule has 0 spiro atoms. The van der Waals surface area contributed by atoms with Gasteiger partial charge in [-0.05, 0) is 50.2 Å². The van der Waals surface area contributed by atoms with E-state index >= 15 is 0 Å². The van der Waals surface area contributed by atoms with E-state index in [4.69, 9.17) is 0 Å². The van der Waals surface area contributed by atoms with Crippen LogP contribution in [0.3, 0.4) is 0 Å². The van der Waals surface area contributed by atoms with Crippen molar-refractivity contribution in [2.24, 2.45) is 11.8 Å². The average Bonchev–Trinajstić information content (AvgIpc) is 2.52. The normalized spacial score (nSPS) is 38.5. The summed E-state index contributed by atoms with van der Waals surface area (Å²) in [5.74, 6) is 1.73. The summed E-state index contributed by atoms with van der Waals surface area (Å²) in [6.07, 6.45) is 8.48. The number of hydrogen-bond donors (Lipinski definition) is 0. The Labute approximate surface area is 87.1 Å². The van der Waals surface area contributed by atoms with E-state index in [2.05, 4.69) is 49.9 Å². The molecule has 2 atom stereocenters. The van der Waals surface area contributed by atoms with Crippen LogP contribution in [0.15, 0.2) is 24.5 Å². The van der Waals surface area contributed by atoms with Gasteiger partial charge in [0.1, 0.15) is 0 Å². The highest BCUT2D eigenvalue weighted by atomic mass is 15.0. The first-order chi connectivity index (χ1) is 6.60. The zero-order valence-electron chi connectivity index (χ0n) is 9.53. The lowest BCUT2D eigenvalue weighted by Gasteiger charge is -2.41. The van der Waals surface area contributed by atoms with Crippen molar-refractivity contribution in [2.45, 2.75) is 45.6 Å². The summed E-state index contributed by atoms with van der Waals surface area (Å²) < 4.78 is 2.40. The maximum Gasteiger partial charge on any atom is 0.0416 e. The summed E-state index contributed by atoms with van der Waals surface area (Å²) in [7, 11) is 0. The second kappa shape index (κ2) is 3.45. The fourth-order valence-corrected chi connectivity index (χ4v) is 3.34. The van der Waals surface area contributed by atoms with Gasteiger partial charge in [-0.2, -0.15) is 0 Å². The van der Waals surface area contributed by atoms with Gasteiger partial charge in [0.05, 0.1) is 0 Å². The summed E-state index contributed by atoms with van der Waals surface area (Å²) in [6.45, 7) is 7.17. The zero-order chi connectivity index (χ0) is 10.2. The average molecular weight is 191 g/mol. The minimum absolute atomic E-state index is 0.362. The molecule has 1 heterocycles. The van der Waals surface area contributed by atoms with Gasteiger partial charge in [0.2, 0.25) is 0 Å². The van der Waals surface area contributed by atoms with Crippen LogP contribution in [0.1, 0.15) is 40.0 Å². The van der Waals surface area contributed by atoms with E-state index in [9.17, 15) is 0 Å². The molecule has 1 aliphatic rings. The molecule has 0 aromatic carbocycles. The Hall–Kier alpha value is -0.720. The molecule has 1 aromatic rings. The smallest absolute Gasteiger partial charge is 0.0416 e. The SMILES string of the molecule is CC1CC(C)CC(C)(n2cccc2)C1. The second-order valence-electron chi connectivity index (χ2n) is 5.44. The molecular weight excluding hydrogens is 170 g/mol. The minimum Gasteiger partial charge on any atom is -0.349 e. The molecule has 1 aromatic heterocycles. The second-order valence-corrected chi connectivity index (χ2v) is 5.44. The van der Waals surface area contributed by atoms with E-state index < -0.39 is 0 Å². The van der Waals surface area contributed by atoms with Gasteiger partial charge in [-0.15, -0.1) is 0 Å². The molecule has 0 amide bonds. The van der Waals surface area contributed by atoms with Gasteiger partial charge in [0.25, 0.3) is 0 Å². The monoisotopic (exact) mass is 191 g/mol. The largest absolute Gasteiger partial charge is 0.349 e. The highest BCUT2D eigenvalue weighted by Gasteiger charge is 2.34. The van der Waals surface area contributed by atoms with Crippen molar-refractivity contribution >= 4 is 0 Å². The van der Waals surface area contributed by atoms with Crippen LogP contribution >= 0.6 is 0 Å². The van der Waals surface area contributed by atoms with Gasteiger partial charge in [0, 0.05) is 17.9 Å². The van der Waals surface area contributed by atoms with Gasteiger partial charge in [0.15, 0.2) is 0 Å².